The molecule has 1 rings (SSSR count). The van der Waals surface area contributed by atoms with Crippen LogP contribution in [0.1, 0.15) is 19.4 Å². The zero-order valence-electron chi connectivity index (χ0n) is 10.0. The van der Waals surface area contributed by atoms with Crippen molar-refractivity contribution in [3.05, 3.63) is 34.6 Å². The molecule has 0 amide bonds. The molecule has 0 aliphatic rings. The largest absolute Gasteiger partial charge is 0.345 e. The molecule has 5 heteroatoms. The van der Waals surface area contributed by atoms with Gasteiger partial charge in [-0.2, -0.15) is 0 Å². The van der Waals surface area contributed by atoms with E-state index < -0.39 is 11.6 Å². The van der Waals surface area contributed by atoms with Crippen LogP contribution in [-0.2, 0) is 15.3 Å². The van der Waals surface area contributed by atoms with Gasteiger partial charge in [0.15, 0.2) is 0 Å². The average Bonchev–Trinajstić information content (AvgIpc) is 2.28. The van der Waals surface area contributed by atoms with Crippen LogP contribution in [0.15, 0.2) is 18.2 Å². The average molecular weight is 262 g/mol. The van der Waals surface area contributed by atoms with Gasteiger partial charge in [0.2, 0.25) is 5.79 Å². The smallest absolute Gasteiger partial charge is 0.209 e. The zero-order chi connectivity index (χ0) is 12.9. The fourth-order valence-electron chi connectivity index (χ4n) is 1.69. The number of nitrogens with two attached hydrogens (primary N) is 1. The van der Waals surface area contributed by atoms with Crippen molar-refractivity contribution in [1.29, 1.82) is 0 Å². The van der Waals surface area contributed by atoms with E-state index in [0.717, 1.165) is 0 Å². The number of hydrogen-bond donors (Lipinski definition) is 1. The van der Waals surface area contributed by atoms with E-state index in [-0.39, 0.29) is 11.6 Å². The molecule has 1 aromatic carbocycles. The minimum Gasteiger partial charge on any atom is -0.345 e. The van der Waals surface area contributed by atoms with Crippen molar-refractivity contribution < 1.29 is 13.9 Å². The van der Waals surface area contributed by atoms with Gasteiger partial charge in [-0.05, 0) is 32.0 Å². The Balaban J connectivity index is 3.19. The quantitative estimate of drug-likeness (QED) is 0.801. The van der Waals surface area contributed by atoms with E-state index in [0.29, 0.717) is 18.8 Å². The van der Waals surface area contributed by atoms with Gasteiger partial charge in [0.1, 0.15) is 5.82 Å². The summed E-state index contributed by atoms with van der Waals surface area (Å²) < 4.78 is 24.2. The molecule has 96 valence electrons. The third kappa shape index (κ3) is 3.16. The third-order valence-corrected chi connectivity index (χ3v) is 2.68. The Bertz CT molecular complexity index is 368. The summed E-state index contributed by atoms with van der Waals surface area (Å²) in [6.07, 6.45) is 0. The topological polar surface area (TPSA) is 44.5 Å². The summed E-state index contributed by atoms with van der Waals surface area (Å²) in [5, 5.41) is 0.248. The molecule has 0 radical (unpaired) electrons. The van der Waals surface area contributed by atoms with Crippen LogP contribution in [0, 0.1) is 5.82 Å². The van der Waals surface area contributed by atoms with Crippen LogP contribution in [0.4, 0.5) is 4.39 Å². The fourth-order valence-corrected chi connectivity index (χ4v) is 2.00. The van der Waals surface area contributed by atoms with E-state index >= 15 is 0 Å². The molecular weight excluding hydrogens is 245 g/mol. The molecule has 0 aliphatic heterocycles. The molecule has 0 aromatic heterocycles. The second-order valence-corrected chi connectivity index (χ2v) is 3.85. The lowest BCUT2D eigenvalue weighted by Crippen LogP contribution is -2.41. The van der Waals surface area contributed by atoms with E-state index in [1.54, 1.807) is 0 Å². The molecule has 0 bridgehead atoms. The van der Waals surface area contributed by atoms with Gasteiger partial charge in [0.25, 0.3) is 0 Å². The van der Waals surface area contributed by atoms with Gasteiger partial charge in [-0.3, -0.25) is 0 Å². The number of ether oxygens (including phenoxy) is 2. The van der Waals surface area contributed by atoms with Crippen molar-refractivity contribution in [3.63, 3.8) is 0 Å². The Hall–Kier alpha value is -0.680. The van der Waals surface area contributed by atoms with Gasteiger partial charge in [0.05, 0.1) is 11.6 Å². The molecule has 0 saturated heterocycles. The highest BCUT2D eigenvalue weighted by Gasteiger charge is 2.34. The van der Waals surface area contributed by atoms with Crippen LogP contribution in [0.3, 0.4) is 0 Å². The van der Waals surface area contributed by atoms with Crippen LogP contribution in [0.25, 0.3) is 0 Å². The van der Waals surface area contributed by atoms with Crippen molar-refractivity contribution >= 4 is 11.6 Å². The fraction of sp³-hybridized carbons (Fsp3) is 0.500. The summed E-state index contributed by atoms with van der Waals surface area (Å²) in [6.45, 7) is 4.62. The number of benzene rings is 1. The third-order valence-electron chi connectivity index (χ3n) is 2.37. The van der Waals surface area contributed by atoms with Crippen LogP contribution in [0.5, 0.6) is 0 Å². The van der Waals surface area contributed by atoms with Gasteiger partial charge in [0, 0.05) is 18.8 Å². The highest BCUT2D eigenvalue weighted by atomic mass is 35.5. The minimum absolute atomic E-state index is 0.111. The molecule has 0 atom stereocenters. The Morgan fingerprint density at radius 2 is 1.88 bits per heavy atom. The number of halogens is 2. The van der Waals surface area contributed by atoms with Crippen molar-refractivity contribution in [1.82, 2.24) is 0 Å². The van der Waals surface area contributed by atoms with Crippen molar-refractivity contribution in [2.24, 2.45) is 5.73 Å². The van der Waals surface area contributed by atoms with E-state index in [2.05, 4.69) is 0 Å². The molecule has 0 saturated carbocycles. The first-order valence-electron chi connectivity index (χ1n) is 5.53. The van der Waals surface area contributed by atoms with Crippen LogP contribution >= 0.6 is 11.6 Å². The molecule has 0 aliphatic carbocycles. The first-order valence-corrected chi connectivity index (χ1v) is 5.91. The SMILES string of the molecule is CCOC(CN)(OCC)c1ccc(F)cc1Cl. The van der Waals surface area contributed by atoms with Crippen LogP contribution in [0.2, 0.25) is 5.02 Å². The molecule has 0 spiro atoms. The predicted octanol–water partition coefficient (Wildman–Crippen LogP) is 2.66. The summed E-state index contributed by atoms with van der Waals surface area (Å²) in [7, 11) is 0. The Morgan fingerprint density at radius 1 is 1.29 bits per heavy atom. The van der Waals surface area contributed by atoms with Gasteiger partial charge < -0.3 is 15.2 Å². The molecule has 0 heterocycles. The maximum Gasteiger partial charge on any atom is 0.209 e. The van der Waals surface area contributed by atoms with Crippen molar-refractivity contribution in [2.75, 3.05) is 19.8 Å². The number of rotatable bonds is 6. The second kappa shape index (κ2) is 6.31. The molecule has 1 aromatic rings. The molecular formula is C12H17ClFNO2. The minimum atomic E-state index is -1.10. The zero-order valence-corrected chi connectivity index (χ0v) is 10.8. The van der Waals surface area contributed by atoms with Gasteiger partial charge in [-0.25, -0.2) is 4.39 Å². The summed E-state index contributed by atoms with van der Waals surface area (Å²) in [5.74, 6) is -1.51. The summed E-state index contributed by atoms with van der Waals surface area (Å²) in [4.78, 5) is 0. The van der Waals surface area contributed by atoms with E-state index in [9.17, 15) is 4.39 Å². The van der Waals surface area contributed by atoms with Gasteiger partial charge >= 0.3 is 0 Å². The van der Waals surface area contributed by atoms with E-state index in [4.69, 9.17) is 26.8 Å². The molecule has 0 fully saturated rings. The summed E-state index contributed by atoms with van der Waals surface area (Å²) >= 11 is 6.01. The lowest BCUT2D eigenvalue weighted by molar-refractivity contribution is -0.235. The number of hydrogen-bond acceptors (Lipinski definition) is 3. The maximum absolute atomic E-state index is 13.0. The first kappa shape index (κ1) is 14.4. The second-order valence-electron chi connectivity index (χ2n) is 3.45. The predicted molar refractivity (Wildman–Crippen MR) is 65.4 cm³/mol. The first-order chi connectivity index (χ1) is 8.09. The van der Waals surface area contributed by atoms with E-state index in [1.807, 2.05) is 13.8 Å². The Kier molecular flexibility index (Phi) is 5.33. The lowest BCUT2D eigenvalue weighted by Gasteiger charge is -2.33. The van der Waals surface area contributed by atoms with E-state index in [1.165, 1.54) is 18.2 Å². The Labute approximate surface area is 106 Å². The summed E-state index contributed by atoms with van der Waals surface area (Å²) in [5.41, 5.74) is 6.26. The Morgan fingerprint density at radius 3 is 2.29 bits per heavy atom. The van der Waals surface area contributed by atoms with Crippen molar-refractivity contribution in [2.45, 2.75) is 19.6 Å². The summed E-state index contributed by atoms with van der Waals surface area (Å²) in [6, 6.07) is 4.07. The normalized spacial score (nSPS) is 11.8. The van der Waals surface area contributed by atoms with Gasteiger partial charge in [-0.15, -0.1) is 0 Å². The van der Waals surface area contributed by atoms with Crippen LogP contribution < -0.4 is 5.73 Å². The lowest BCUT2D eigenvalue weighted by atomic mass is 10.1. The monoisotopic (exact) mass is 261 g/mol. The molecule has 17 heavy (non-hydrogen) atoms. The van der Waals surface area contributed by atoms with Crippen LogP contribution in [-0.4, -0.2) is 19.8 Å². The molecule has 3 nitrogen and oxygen atoms in total. The highest BCUT2D eigenvalue weighted by Crippen LogP contribution is 2.32. The van der Waals surface area contributed by atoms with Gasteiger partial charge in [-0.1, -0.05) is 11.6 Å². The molecule has 2 N–H and O–H groups in total. The maximum atomic E-state index is 13.0. The highest BCUT2D eigenvalue weighted by molar-refractivity contribution is 6.31. The molecule has 0 unspecified atom stereocenters. The van der Waals surface area contributed by atoms with Crippen molar-refractivity contribution in [3.8, 4) is 0 Å². The standard InChI is InChI=1S/C12H17ClFNO2/c1-3-16-12(8-15,17-4-2)10-6-5-9(14)7-11(10)13/h5-7H,3-4,8,15H2,1-2H3.